The number of halogens is 3. The molecule has 1 aliphatic rings. The Morgan fingerprint density at radius 1 is 1.00 bits per heavy atom. The number of carbonyl (C=O) groups excluding carboxylic acids is 1. The van der Waals surface area contributed by atoms with Crippen molar-refractivity contribution in [2.45, 2.75) is 25.7 Å². The van der Waals surface area contributed by atoms with Crippen LogP contribution in [0.25, 0.3) is 11.1 Å². The molecule has 3 aromatic rings. The van der Waals surface area contributed by atoms with Crippen molar-refractivity contribution < 1.29 is 31.1 Å². The normalized spacial score (nSPS) is 15.1. The minimum atomic E-state index is -3.56. The van der Waals surface area contributed by atoms with E-state index >= 15 is 0 Å². The summed E-state index contributed by atoms with van der Waals surface area (Å²) < 4.78 is 73.0. The lowest BCUT2D eigenvalue weighted by molar-refractivity contribution is -0.0221. The molecule has 1 aliphatic heterocycles. The van der Waals surface area contributed by atoms with Crippen molar-refractivity contribution in [3.8, 4) is 16.9 Å². The summed E-state index contributed by atoms with van der Waals surface area (Å²) in [6, 6.07) is 14.9. The summed E-state index contributed by atoms with van der Waals surface area (Å²) in [7, 11) is -2.08. The molecule has 11 heteroatoms. The van der Waals surface area contributed by atoms with E-state index in [0.717, 1.165) is 0 Å². The largest absolute Gasteiger partial charge is 0.495 e. The predicted octanol–water partition coefficient (Wildman–Crippen LogP) is 5.75. The van der Waals surface area contributed by atoms with Gasteiger partial charge in [-0.15, -0.1) is 0 Å². The molecule has 7 nitrogen and oxygen atoms in total. The summed E-state index contributed by atoms with van der Waals surface area (Å²) in [5, 5.41) is 2.82. The predicted molar refractivity (Wildman–Crippen MR) is 142 cm³/mol. The number of amides is 1. The van der Waals surface area contributed by atoms with Crippen molar-refractivity contribution >= 4 is 33.0 Å². The first kappa shape index (κ1) is 27.3. The molecule has 0 saturated carbocycles. The van der Waals surface area contributed by atoms with E-state index in [2.05, 4.69) is 10.0 Å². The van der Waals surface area contributed by atoms with Gasteiger partial charge in [-0.05, 0) is 66.6 Å². The monoisotopic (exact) mass is 547 g/mol. The van der Waals surface area contributed by atoms with Crippen LogP contribution < -0.4 is 19.7 Å². The molecule has 3 aromatic carbocycles. The maximum absolute atomic E-state index is 13.7. The Balaban J connectivity index is 1.65. The number of nitrogens with one attached hydrogen (secondary N) is 2. The summed E-state index contributed by atoms with van der Waals surface area (Å²) in [5.74, 6) is -3.29. The van der Waals surface area contributed by atoms with Gasteiger partial charge in [0, 0.05) is 42.9 Å². The molecule has 38 heavy (non-hydrogen) atoms. The first-order valence-corrected chi connectivity index (χ1v) is 13.7. The molecule has 4 rings (SSSR count). The van der Waals surface area contributed by atoms with Crippen molar-refractivity contribution in [2.75, 3.05) is 40.9 Å². The van der Waals surface area contributed by atoms with Crippen LogP contribution in [0.4, 0.5) is 30.2 Å². The molecular weight excluding hydrogens is 519 g/mol. The number of ether oxygens (including phenoxy) is 1. The van der Waals surface area contributed by atoms with Gasteiger partial charge >= 0.3 is 0 Å². The molecular formula is C27H28F3N3O4S. The second-order valence-electron chi connectivity index (χ2n) is 8.96. The summed E-state index contributed by atoms with van der Waals surface area (Å²) >= 11 is 0. The zero-order valence-electron chi connectivity index (χ0n) is 20.9. The van der Waals surface area contributed by atoms with Gasteiger partial charge in [0.25, 0.3) is 11.8 Å². The molecule has 1 fully saturated rings. The fourth-order valence-corrected chi connectivity index (χ4v) is 4.84. The lowest BCUT2D eigenvalue weighted by Gasteiger charge is -2.34. The number of sulfonamides is 1. The van der Waals surface area contributed by atoms with E-state index in [1.54, 1.807) is 23.1 Å². The smallest absolute Gasteiger partial charge is 0.256 e. The lowest BCUT2D eigenvalue weighted by Crippen LogP contribution is -2.39. The Bertz CT molecular complexity index is 1420. The number of hydrogen-bond acceptors (Lipinski definition) is 5. The van der Waals surface area contributed by atoms with Gasteiger partial charge < -0.3 is 15.0 Å². The maximum atomic E-state index is 13.7. The Kier molecular flexibility index (Phi) is 7.86. The Labute approximate surface area is 219 Å². The molecule has 0 aromatic heterocycles. The second kappa shape index (κ2) is 10.9. The first-order valence-electron chi connectivity index (χ1n) is 12.0. The number of anilines is 3. The van der Waals surface area contributed by atoms with Gasteiger partial charge in [-0.3, -0.25) is 9.52 Å². The highest BCUT2D eigenvalue weighted by Gasteiger charge is 2.34. The van der Waals surface area contributed by atoms with E-state index < -0.39 is 27.7 Å². The lowest BCUT2D eigenvalue weighted by atomic mass is 9.98. The van der Waals surface area contributed by atoms with Gasteiger partial charge in [-0.25, -0.2) is 21.6 Å². The molecule has 0 radical (unpaired) electrons. The number of piperidine rings is 1. The maximum Gasteiger partial charge on any atom is 0.256 e. The highest BCUT2D eigenvalue weighted by molar-refractivity contribution is 7.92. The average molecular weight is 548 g/mol. The third kappa shape index (κ3) is 6.39. The van der Waals surface area contributed by atoms with Gasteiger partial charge in [-0.2, -0.15) is 0 Å². The molecule has 1 saturated heterocycles. The first-order chi connectivity index (χ1) is 18.0. The SMILES string of the molecule is CCS(=O)(=O)Nc1ccc(C(=O)Nc2ccc(OC)c(N3CCC(F)(F)CC3)c2)c(-c2ccc(F)cc2)c1. The third-order valence-corrected chi connectivity index (χ3v) is 7.65. The van der Waals surface area contributed by atoms with Crippen LogP contribution in [0.15, 0.2) is 60.7 Å². The molecule has 1 heterocycles. The number of methoxy groups -OCH3 is 1. The van der Waals surface area contributed by atoms with Crippen LogP contribution >= 0.6 is 0 Å². The van der Waals surface area contributed by atoms with Gasteiger partial charge in [0.2, 0.25) is 10.0 Å². The number of hydrogen-bond donors (Lipinski definition) is 2. The van der Waals surface area contributed by atoms with E-state index in [1.165, 1.54) is 56.5 Å². The number of nitrogens with zero attached hydrogens (tertiary/aromatic N) is 1. The summed E-state index contributed by atoms with van der Waals surface area (Å²) in [4.78, 5) is 15.2. The van der Waals surface area contributed by atoms with Crippen molar-refractivity contribution in [2.24, 2.45) is 0 Å². The van der Waals surface area contributed by atoms with Crippen molar-refractivity contribution in [3.63, 3.8) is 0 Å². The van der Waals surface area contributed by atoms with E-state index in [1.807, 2.05) is 0 Å². The number of benzene rings is 3. The summed E-state index contributed by atoms with van der Waals surface area (Å²) in [6.07, 6.45) is -0.552. The molecule has 1 amide bonds. The van der Waals surface area contributed by atoms with Crippen LogP contribution in [-0.2, 0) is 10.0 Å². The minimum absolute atomic E-state index is 0.129. The van der Waals surface area contributed by atoms with Gasteiger partial charge in [0.15, 0.2) is 0 Å². The van der Waals surface area contributed by atoms with Crippen LogP contribution in [0.5, 0.6) is 5.75 Å². The van der Waals surface area contributed by atoms with Gasteiger partial charge in [-0.1, -0.05) is 12.1 Å². The second-order valence-corrected chi connectivity index (χ2v) is 11.0. The molecule has 0 aliphatic carbocycles. The van der Waals surface area contributed by atoms with Gasteiger partial charge in [0.05, 0.1) is 18.6 Å². The molecule has 0 atom stereocenters. The van der Waals surface area contributed by atoms with Crippen LogP contribution in [0.3, 0.4) is 0 Å². The standard InChI is InChI=1S/C27H28F3N3O4S/c1-3-38(35,36)32-21-8-10-22(23(16-21)18-4-6-19(28)7-5-18)26(34)31-20-9-11-25(37-2)24(17-20)33-14-12-27(29,30)13-15-33/h4-11,16-17,32H,3,12-15H2,1-2H3,(H,31,34). The van der Waals surface area contributed by atoms with Crippen molar-refractivity contribution in [1.29, 1.82) is 0 Å². The highest BCUT2D eigenvalue weighted by atomic mass is 32.2. The number of alkyl halides is 2. The zero-order chi connectivity index (χ0) is 27.5. The fourth-order valence-electron chi connectivity index (χ4n) is 4.21. The number of carbonyl (C=O) groups is 1. The molecule has 0 spiro atoms. The van der Waals surface area contributed by atoms with E-state index in [4.69, 9.17) is 4.74 Å². The molecule has 2 N–H and O–H groups in total. The minimum Gasteiger partial charge on any atom is -0.495 e. The average Bonchev–Trinajstić information content (AvgIpc) is 2.89. The Morgan fingerprint density at radius 2 is 1.66 bits per heavy atom. The Morgan fingerprint density at radius 3 is 2.29 bits per heavy atom. The topological polar surface area (TPSA) is 87.7 Å². The Hall–Kier alpha value is -3.73. The van der Waals surface area contributed by atoms with Crippen LogP contribution in [0, 0.1) is 5.82 Å². The number of rotatable bonds is 8. The van der Waals surface area contributed by atoms with E-state index in [0.29, 0.717) is 28.3 Å². The van der Waals surface area contributed by atoms with Crippen molar-refractivity contribution in [3.05, 3.63) is 72.0 Å². The molecule has 0 unspecified atom stereocenters. The molecule has 202 valence electrons. The van der Waals surface area contributed by atoms with Gasteiger partial charge in [0.1, 0.15) is 11.6 Å². The summed E-state index contributed by atoms with van der Waals surface area (Å²) in [6.45, 7) is 1.79. The van der Waals surface area contributed by atoms with Crippen molar-refractivity contribution in [1.82, 2.24) is 0 Å². The molecule has 0 bridgehead atoms. The highest BCUT2D eigenvalue weighted by Crippen LogP contribution is 2.37. The van der Waals surface area contributed by atoms with E-state index in [9.17, 15) is 26.4 Å². The fraction of sp³-hybridized carbons (Fsp3) is 0.296. The zero-order valence-corrected chi connectivity index (χ0v) is 21.7. The third-order valence-electron chi connectivity index (χ3n) is 6.35. The van der Waals surface area contributed by atoms with E-state index in [-0.39, 0.29) is 42.9 Å². The summed E-state index contributed by atoms with van der Waals surface area (Å²) in [5.41, 5.74) is 2.40. The van der Waals surface area contributed by atoms with Crippen LogP contribution in [0.1, 0.15) is 30.1 Å². The quantitative estimate of drug-likeness (QED) is 0.375. The van der Waals surface area contributed by atoms with Crippen LogP contribution in [0.2, 0.25) is 0 Å². The van der Waals surface area contributed by atoms with Crippen LogP contribution in [-0.4, -0.2) is 46.2 Å².